The Labute approximate surface area is 164 Å². The molecule has 0 amide bonds. The molecule has 3 rings (SSSR count). The zero-order chi connectivity index (χ0) is 18.9. The SMILES string of the molecule is C=C(C)C(CCc1ccccc1)CC(Cc1ccccc1)c1ccccc1. The standard InChI is InChI=1S/C27H30/c1-22(2)26(19-18-23-12-6-3-7-13-23)21-27(25-16-10-5-11-17-25)20-24-14-8-4-9-15-24/h3-17,26-27H,1,18-21H2,2H3. The molecule has 0 heterocycles. The Morgan fingerprint density at radius 1 is 0.741 bits per heavy atom. The van der Waals surface area contributed by atoms with E-state index < -0.39 is 0 Å². The van der Waals surface area contributed by atoms with Crippen molar-refractivity contribution in [2.75, 3.05) is 0 Å². The van der Waals surface area contributed by atoms with Crippen molar-refractivity contribution in [1.29, 1.82) is 0 Å². The molecule has 2 atom stereocenters. The lowest BCUT2D eigenvalue weighted by Crippen LogP contribution is -2.12. The third-order valence-electron chi connectivity index (χ3n) is 5.49. The first-order chi connectivity index (χ1) is 13.2. The third kappa shape index (κ3) is 5.96. The molecule has 0 aliphatic heterocycles. The van der Waals surface area contributed by atoms with E-state index >= 15 is 0 Å². The number of benzene rings is 3. The largest absolute Gasteiger partial charge is 0.0999 e. The van der Waals surface area contributed by atoms with Crippen molar-refractivity contribution < 1.29 is 0 Å². The van der Waals surface area contributed by atoms with Crippen LogP contribution >= 0.6 is 0 Å². The van der Waals surface area contributed by atoms with Gasteiger partial charge in [-0.15, -0.1) is 0 Å². The zero-order valence-corrected chi connectivity index (χ0v) is 16.4. The van der Waals surface area contributed by atoms with E-state index in [1.807, 2.05) is 0 Å². The topological polar surface area (TPSA) is 0 Å². The maximum absolute atomic E-state index is 4.32. The Morgan fingerprint density at radius 2 is 1.26 bits per heavy atom. The molecule has 3 aromatic rings. The van der Waals surface area contributed by atoms with Gasteiger partial charge >= 0.3 is 0 Å². The molecule has 0 spiro atoms. The molecule has 0 aromatic heterocycles. The fourth-order valence-corrected chi connectivity index (χ4v) is 3.86. The molecular weight excluding hydrogens is 324 g/mol. The Kier molecular flexibility index (Phi) is 7.04. The van der Waals surface area contributed by atoms with Crippen LogP contribution in [0.5, 0.6) is 0 Å². The molecule has 0 saturated carbocycles. The third-order valence-corrected chi connectivity index (χ3v) is 5.49. The van der Waals surface area contributed by atoms with Gasteiger partial charge in [-0.25, -0.2) is 0 Å². The van der Waals surface area contributed by atoms with Crippen molar-refractivity contribution in [2.24, 2.45) is 5.92 Å². The first-order valence-corrected chi connectivity index (χ1v) is 10.0. The summed E-state index contributed by atoms with van der Waals surface area (Å²) >= 11 is 0. The molecule has 0 bridgehead atoms. The highest BCUT2D eigenvalue weighted by molar-refractivity contribution is 5.25. The predicted octanol–water partition coefficient (Wildman–Crippen LogP) is 7.23. The van der Waals surface area contributed by atoms with Crippen molar-refractivity contribution in [2.45, 2.75) is 38.5 Å². The summed E-state index contributed by atoms with van der Waals surface area (Å²) in [4.78, 5) is 0. The highest BCUT2D eigenvalue weighted by Gasteiger charge is 2.19. The van der Waals surface area contributed by atoms with E-state index in [0.717, 1.165) is 25.7 Å². The van der Waals surface area contributed by atoms with E-state index in [0.29, 0.717) is 11.8 Å². The second-order valence-electron chi connectivity index (χ2n) is 7.60. The quantitative estimate of drug-likeness (QED) is 0.356. The average Bonchev–Trinajstić information content (AvgIpc) is 2.72. The minimum Gasteiger partial charge on any atom is -0.0999 e. The Balaban J connectivity index is 1.74. The molecule has 0 heteroatoms. The molecular formula is C27H30. The van der Waals surface area contributed by atoms with Crippen molar-refractivity contribution in [1.82, 2.24) is 0 Å². The smallest absolute Gasteiger partial charge is 0.0116 e. The van der Waals surface area contributed by atoms with Crippen LogP contribution in [0, 0.1) is 5.92 Å². The van der Waals surface area contributed by atoms with Crippen LogP contribution in [0.2, 0.25) is 0 Å². The molecule has 0 radical (unpaired) electrons. The molecule has 3 aromatic carbocycles. The van der Waals surface area contributed by atoms with E-state index in [1.165, 1.54) is 22.3 Å². The van der Waals surface area contributed by atoms with Gasteiger partial charge in [0.25, 0.3) is 0 Å². The van der Waals surface area contributed by atoms with Gasteiger partial charge in [0.05, 0.1) is 0 Å². The summed E-state index contributed by atoms with van der Waals surface area (Å²) in [6.45, 7) is 6.52. The maximum Gasteiger partial charge on any atom is -0.0116 e. The lowest BCUT2D eigenvalue weighted by atomic mass is 9.80. The maximum atomic E-state index is 4.32. The fraction of sp³-hybridized carbons (Fsp3) is 0.259. The Bertz CT molecular complexity index is 802. The van der Waals surface area contributed by atoms with Gasteiger partial charge in [0.15, 0.2) is 0 Å². The summed E-state index contributed by atoms with van der Waals surface area (Å²) in [5, 5.41) is 0. The lowest BCUT2D eigenvalue weighted by Gasteiger charge is -2.25. The number of hydrogen-bond acceptors (Lipinski definition) is 0. The van der Waals surface area contributed by atoms with Crippen LogP contribution in [0.15, 0.2) is 103 Å². The molecule has 27 heavy (non-hydrogen) atoms. The zero-order valence-electron chi connectivity index (χ0n) is 16.4. The van der Waals surface area contributed by atoms with Crippen LogP contribution in [0.4, 0.5) is 0 Å². The van der Waals surface area contributed by atoms with Gasteiger partial charge in [0, 0.05) is 0 Å². The van der Waals surface area contributed by atoms with E-state index in [2.05, 4.69) is 104 Å². The van der Waals surface area contributed by atoms with Crippen LogP contribution in [0.25, 0.3) is 0 Å². The van der Waals surface area contributed by atoms with Gasteiger partial charge in [-0.3, -0.25) is 0 Å². The van der Waals surface area contributed by atoms with Crippen LogP contribution in [0.1, 0.15) is 42.4 Å². The Hall–Kier alpha value is -2.60. The molecule has 2 unspecified atom stereocenters. The minimum atomic E-state index is 0.520. The summed E-state index contributed by atoms with van der Waals surface area (Å²) in [6.07, 6.45) is 4.52. The summed E-state index contributed by atoms with van der Waals surface area (Å²) in [5.74, 6) is 1.06. The Morgan fingerprint density at radius 3 is 1.81 bits per heavy atom. The van der Waals surface area contributed by atoms with Crippen molar-refractivity contribution >= 4 is 0 Å². The molecule has 0 aliphatic carbocycles. The molecule has 0 nitrogen and oxygen atoms in total. The molecule has 0 saturated heterocycles. The van der Waals surface area contributed by atoms with Gasteiger partial charge in [-0.1, -0.05) is 103 Å². The van der Waals surface area contributed by atoms with Crippen LogP contribution in [0.3, 0.4) is 0 Å². The van der Waals surface area contributed by atoms with E-state index in [9.17, 15) is 0 Å². The average molecular weight is 355 g/mol. The summed E-state index contributed by atoms with van der Waals surface area (Å²) in [7, 11) is 0. The monoisotopic (exact) mass is 354 g/mol. The number of aryl methyl sites for hydroxylation is 1. The van der Waals surface area contributed by atoms with E-state index in [-0.39, 0.29) is 0 Å². The van der Waals surface area contributed by atoms with E-state index in [1.54, 1.807) is 0 Å². The molecule has 138 valence electrons. The summed E-state index contributed by atoms with van der Waals surface area (Å²) < 4.78 is 0. The van der Waals surface area contributed by atoms with Gasteiger partial charge in [-0.05, 0) is 61.1 Å². The summed E-state index contributed by atoms with van der Waals surface area (Å²) in [5.41, 5.74) is 5.57. The second-order valence-corrected chi connectivity index (χ2v) is 7.60. The predicted molar refractivity (Wildman–Crippen MR) is 117 cm³/mol. The van der Waals surface area contributed by atoms with Crippen molar-refractivity contribution in [3.05, 3.63) is 120 Å². The van der Waals surface area contributed by atoms with Gasteiger partial charge in [0.1, 0.15) is 0 Å². The van der Waals surface area contributed by atoms with Gasteiger partial charge < -0.3 is 0 Å². The van der Waals surface area contributed by atoms with E-state index in [4.69, 9.17) is 0 Å². The normalized spacial score (nSPS) is 13.1. The number of hydrogen-bond donors (Lipinski definition) is 0. The first-order valence-electron chi connectivity index (χ1n) is 10.0. The number of rotatable bonds is 9. The fourth-order valence-electron chi connectivity index (χ4n) is 3.86. The van der Waals surface area contributed by atoms with Crippen LogP contribution in [-0.4, -0.2) is 0 Å². The highest BCUT2D eigenvalue weighted by Crippen LogP contribution is 2.32. The second kappa shape index (κ2) is 9.92. The first kappa shape index (κ1) is 19.2. The molecule has 0 aliphatic rings. The molecule has 0 N–H and O–H groups in total. The van der Waals surface area contributed by atoms with Crippen molar-refractivity contribution in [3.8, 4) is 0 Å². The van der Waals surface area contributed by atoms with Gasteiger partial charge in [0.2, 0.25) is 0 Å². The summed E-state index contributed by atoms with van der Waals surface area (Å²) in [6, 6.07) is 32.7. The number of allylic oxidation sites excluding steroid dienone is 1. The minimum absolute atomic E-state index is 0.520. The highest BCUT2D eigenvalue weighted by atomic mass is 14.2. The van der Waals surface area contributed by atoms with Crippen molar-refractivity contribution in [3.63, 3.8) is 0 Å². The lowest BCUT2D eigenvalue weighted by molar-refractivity contribution is 0.457. The van der Waals surface area contributed by atoms with Gasteiger partial charge in [-0.2, -0.15) is 0 Å². The molecule has 0 fully saturated rings. The van der Waals surface area contributed by atoms with Crippen LogP contribution < -0.4 is 0 Å². The van der Waals surface area contributed by atoms with Crippen LogP contribution in [-0.2, 0) is 12.8 Å².